The highest BCUT2D eigenvalue weighted by molar-refractivity contribution is 5.86. The van der Waals surface area contributed by atoms with E-state index in [2.05, 4.69) is 73.5 Å². The summed E-state index contributed by atoms with van der Waals surface area (Å²) in [5.74, 6) is 2.71. The number of rotatable bonds is 15. The van der Waals surface area contributed by atoms with Crippen LogP contribution in [0.25, 0.3) is 0 Å². The van der Waals surface area contributed by atoms with Gasteiger partial charge in [-0.3, -0.25) is 9.69 Å². The average molecular weight is 616 g/mol. The van der Waals surface area contributed by atoms with Crippen molar-refractivity contribution in [3.63, 3.8) is 0 Å². The molecule has 0 bridgehead atoms. The largest absolute Gasteiger partial charge is 0.465 e. The minimum atomic E-state index is -0.437. The lowest BCUT2D eigenvalue weighted by atomic mass is 9.77. The molecule has 1 N–H and O–H groups in total. The number of likely N-dealkylation sites (tertiary alicyclic amines) is 2. The number of esters is 1. The molecule has 244 valence electrons. The summed E-state index contributed by atoms with van der Waals surface area (Å²) in [6, 6.07) is 8.55. The van der Waals surface area contributed by atoms with E-state index < -0.39 is 5.41 Å². The number of carbonyl (C=O) groups is 1. The van der Waals surface area contributed by atoms with Crippen LogP contribution in [0.15, 0.2) is 49.1 Å². The molecule has 6 rings (SSSR count). The van der Waals surface area contributed by atoms with Gasteiger partial charge in [0.15, 0.2) is 0 Å². The molecule has 1 aliphatic carbocycles. The summed E-state index contributed by atoms with van der Waals surface area (Å²) in [5, 5.41) is 0. The normalized spacial score (nSPS) is 19.6. The van der Waals surface area contributed by atoms with Crippen molar-refractivity contribution in [2.45, 2.75) is 90.9 Å². The number of aromatic nitrogens is 4. The van der Waals surface area contributed by atoms with Crippen LogP contribution in [0.3, 0.4) is 0 Å². The summed E-state index contributed by atoms with van der Waals surface area (Å²) in [7, 11) is 0. The highest BCUT2D eigenvalue weighted by atomic mass is 16.5. The number of imidazole rings is 2. The summed E-state index contributed by atoms with van der Waals surface area (Å²) in [4.78, 5) is 32.9. The Labute approximate surface area is 269 Å². The van der Waals surface area contributed by atoms with Crippen LogP contribution in [0, 0.1) is 11.3 Å². The summed E-state index contributed by atoms with van der Waals surface area (Å²) < 4.78 is 7.71. The van der Waals surface area contributed by atoms with Crippen LogP contribution in [0.1, 0.15) is 82.1 Å². The van der Waals surface area contributed by atoms with Gasteiger partial charge < -0.3 is 24.1 Å². The molecular weight excluding hydrogens is 562 g/mol. The highest BCUT2D eigenvalue weighted by Crippen LogP contribution is 2.49. The first-order chi connectivity index (χ1) is 21.9. The summed E-state index contributed by atoms with van der Waals surface area (Å²) in [5.41, 5.74) is 2.39. The number of aryl methyl sites for hydroxylation is 1. The Bertz CT molecular complexity index is 1350. The number of aromatic amines is 1. The molecule has 1 aromatic carbocycles. The van der Waals surface area contributed by atoms with E-state index in [4.69, 9.17) is 9.72 Å². The number of carbonyl (C=O) groups excluding carboxylic acids is 1. The minimum absolute atomic E-state index is 0.0873. The number of hydrogen-bond donors (Lipinski definition) is 1. The fraction of sp³-hybridized carbons (Fsp3) is 0.639. The Kier molecular flexibility index (Phi) is 10.1. The molecule has 2 saturated heterocycles. The van der Waals surface area contributed by atoms with Gasteiger partial charge in [-0.05, 0) is 94.1 Å². The van der Waals surface area contributed by atoms with E-state index in [9.17, 15) is 4.79 Å². The second-order valence-electron chi connectivity index (χ2n) is 14.3. The zero-order valence-corrected chi connectivity index (χ0v) is 27.7. The first kappa shape index (κ1) is 32.0. The second-order valence-corrected chi connectivity index (χ2v) is 14.3. The van der Waals surface area contributed by atoms with Crippen molar-refractivity contribution in [3.05, 3.63) is 71.8 Å². The van der Waals surface area contributed by atoms with Crippen LogP contribution in [0.5, 0.6) is 0 Å². The van der Waals surface area contributed by atoms with Crippen molar-refractivity contribution >= 4 is 5.97 Å². The molecule has 3 fully saturated rings. The predicted molar refractivity (Wildman–Crippen MR) is 176 cm³/mol. The lowest BCUT2D eigenvalue weighted by Gasteiger charge is -2.40. The van der Waals surface area contributed by atoms with Crippen LogP contribution in [-0.4, -0.2) is 86.1 Å². The first-order valence-corrected chi connectivity index (χ1v) is 17.3. The van der Waals surface area contributed by atoms with Crippen molar-refractivity contribution in [1.82, 2.24) is 34.2 Å². The van der Waals surface area contributed by atoms with Gasteiger partial charge in [0.25, 0.3) is 0 Å². The maximum atomic E-state index is 12.6. The molecule has 1 saturated carbocycles. The van der Waals surface area contributed by atoms with E-state index >= 15 is 0 Å². The molecule has 9 heteroatoms. The van der Waals surface area contributed by atoms with E-state index in [-0.39, 0.29) is 5.97 Å². The Morgan fingerprint density at radius 1 is 0.956 bits per heavy atom. The van der Waals surface area contributed by atoms with Gasteiger partial charge in [-0.1, -0.05) is 38.1 Å². The van der Waals surface area contributed by atoms with Crippen molar-refractivity contribution in [2.24, 2.45) is 11.3 Å². The summed E-state index contributed by atoms with van der Waals surface area (Å²) in [6.45, 7) is 17.6. The molecule has 1 spiro atoms. The third kappa shape index (κ3) is 7.87. The maximum Gasteiger partial charge on any atom is 0.316 e. The maximum absolute atomic E-state index is 12.6. The third-order valence-corrected chi connectivity index (χ3v) is 10.4. The van der Waals surface area contributed by atoms with Crippen LogP contribution in [0.2, 0.25) is 0 Å². The van der Waals surface area contributed by atoms with E-state index in [1.165, 1.54) is 57.5 Å². The molecular formula is C36H53N7O2. The van der Waals surface area contributed by atoms with Gasteiger partial charge in [-0.15, -0.1) is 0 Å². The molecule has 2 aliphatic heterocycles. The van der Waals surface area contributed by atoms with Gasteiger partial charge in [0.2, 0.25) is 0 Å². The minimum Gasteiger partial charge on any atom is -0.465 e. The van der Waals surface area contributed by atoms with Crippen molar-refractivity contribution in [3.8, 4) is 0 Å². The van der Waals surface area contributed by atoms with Crippen LogP contribution >= 0.6 is 0 Å². The number of piperidine rings is 1. The topological polar surface area (TPSA) is 82.5 Å². The number of hydrogen-bond acceptors (Lipinski definition) is 7. The zero-order valence-electron chi connectivity index (χ0n) is 27.7. The molecule has 45 heavy (non-hydrogen) atoms. The fourth-order valence-electron chi connectivity index (χ4n) is 7.67. The van der Waals surface area contributed by atoms with Crippen molar-refractivity contribution in [2.75, 3.05) is 45.9 Å². The molecule has 9 nitrogen and oxygen atoms in total. The Hall–Kier alpha value is -3.01. The quantitative estimate of drug-likeness (QED) is 0.234. The van der Waals surface area contributed by atoms with Gasteiger partial charge in [-0.2, -0.15) is 0 Å². The molecule has 0 amide bonds. The standard InChI is InChI=1S/C36H53N7O2/c1-4-45-34(44)36(10-11-36)31-8-6-30(7-9-31)25-42(26-32-37-15-16-38-32)27-33-39-17-23-43(33)19-5-18-41-22-14-35(28-41)12-20-40(21-13-35)24-29(2)3/h6-9,15-17,23,29H,4-5,10-14,18-22,24-28H2,1-3H3,(H,37,38). The average Bonchev–Trinajstić information content (AvgIpc) is 3.29. The number of nitrogens with one attached hydrogen (secondary N) is 1. The molecule has 3 aromatic rings. The SMILES string of the molecule is CCOC(=O)C1(c2ccc(CN(Cc3ncc[nH]3)Cc3nccn3CCCN3CCC4(CCN(CC(C)C)CC4)C3)cc2)CC1. The van der Waals surface area contributed by atoms with Crippen LogP contribution in [0.4, 0.5) is 0 Å². The van der Waals surface area contributed by atoms with E-state index in [0.717, 1.165) is 68.6 Å². The van der Waals surface area contributed by atoms with Gasteiger partial charge in [0, 0.05) is 51.0 Å². The van der Waals surface area contributed by atoms with E-state index in [1.807, 2.05) is 25.5 Å². The van der Waals surface area contributed by atoms with Crippen molar-refractivity contribution in [1.29, 1.82) is 0 Å². The van der Waals surface area contributed by atoms with Crippen LogP contribution < -0.4 is 0 Å². The Morgan fingerprint density at radius 2 is 1.71 bits per heavy atom. The lowest BCUT2D eigenvalue weighted by molar-refractivity contribution is -0.146. The molecule has 4 heterocycles. The second kappa shape index (κ2) is 14.2. The Balaban J connectivity index is 1.03. The predicted octanol–water partition coefficient (Wildman–Crippen LogP) is 5.24. The molecule has 2 aromatic heterocycles. The summed E-state index contributed by atoms with van der Waals surface area (Å²) in [6.07, 6.45) is 14.7. The first-order valence-electron chi connectivity index (χ1n) is 17.3. The van der Waals surface area contributed by atoms with Gasteiger partial charge in [0.1, 0.15) is 11.6 Å². The number of ether oxygens (including phenoxy) is 1. The van der Waals surface area contributed by atoms with E-state index in [1.54, 1.807) is 0 Å². The van der Waals surface area contributed by atoms with Gasteiger partial charge in [0.05, 0.1) is 25.1 Å². The van der Waals surface area contributed by atoms with Crippen LogP contribution in [-0.2, 0) is 41.1 Å². The number of nitrogens with zero attached hydrogens (tertiary/aromatic N) is 6. The van der Waals surface area contributed by atoms with Gasteiger partial charge >= 0.3 is 5.97 Å². The summed E-state index contributed by atoms with van der Waals surface area (Å²) >= 11 is 0. The monoisotopic (exact) mass is 615 g/mol. The fourth-order valence-corrected chi connectivity index (χ4v) is 7.67. The van der Waals surface area contributed by atoms with Crippen molar-refractivity contribution < 1.29 is 9.53 Å². The molecule has 0 radical (unpaired) electrons. The third-order valence-electron chi connectivity index (χ3n) is 10.4. The highest BCUT2D eigenvalue weighted by Gasteiger charge is 2.52. The molecule has 3 aliphatic rings. The number of H-pyrrole nitrogens is 1. The number of benzene rings is 1. The molecule has 0 unspecified atom stereocenters. The smallest absolute Gasteiger partial charge is 0.316 e. The Morgan fingerprint density at radius 3 is 2.38 bits per heavy atom. The van der Waals surface area contributed by atoms with E-state index in [0.29, 0.717) is 18.6 Å². The van der Waals surface area contributed by atoms with Gasteiger partial charge in [-0.25, -0.2) is 9.97 Å². The lowest BCUT2D eigenvalue weighted by Crippen LogP contribution is -2.42. The molecule has 0 atom stereocenters. The zero-order chi connectivity index (χ0) is 31.3.